The number of hydrogen-bond donors (Lipinski definition) is 0. The second kappa shape index (κ2) is 3.38. The molecule has 2 heteroatoms. The number of fused-ring (bicyclic) bond motifs is 1. The monoisotopic (exact) mass is 235 g/mol. The Kier molecular flexibility index (Phi) is 2.23. The first kappa shape index (κ1) is 8.57. The second-order valence-electron chi connectivity index (χ2n) is 2.96. The van der Waals surface area contributed by atoms with E-state index in [1.54, 1.807) is 0 Å². The molecule has 0 fully saturated rings. The maximum atomic E-state index is 3.73. The Morgan fingerprint density at radius 3 is 3.00 bits per heavy atom. The van der Waals surface area contributed by atoms with Gasteiger partial charge in [-0.05, 0) is 24.3 Å². The van der Waals surface area contributed by atoms with E-state index >= 15 is 0 Å². The summed E-state index contributed by atoms with van der Waals surface area (Å²) in [6.45, 7) is 4.60. The predicted octanol–water partition coefficient (Wildman–Crippen LogP) is 3.59. The minimum atomic E-state index is 0.866. The topological polar surface area (TPSA) is 4.93 Å². The van der Waals surface area contributed by atoms with Crippen molar-refractivity contribution >= 4 is 26.8 Å². The molecule has 0 spiro atoms. The fraction of sp³-hybridized carbons (Fsp3) is 0.0909. The Morgan fingerprint density at radius 1 is 1.38 bits per heavy atom. The van der Waals surface area contributed by atoms with Gasteiger partial charge in [0.05, 0.1) is 0 Å². The highest BCUT2D eigenvalue weighted by Crippen LogP contribution is 2.20. The Labute approximate surface area is 85.8 Å². The van der Waals surface area contributed by atoms with Crippen molar-refractivity contribution in [2.24, 2.45) is 0 Å². The molecule has 0 N–H and O–H groups in total. The number of benzene rings is 1. The van der Waals surface area contributed by atoms with Gasteiger partial charge in [0.25, 0.3) is 0 Å². The summed E-state index contributed by atoms with van der Waals surface area (Å²) in [5, 5.41) is 1.26. The highest BCUT2D eigenvalue weighted by molar-refractivity contribution is 9.10. The van der Waals surface area contributed by atoms with Crippen LogP contribution in [0.1, 0.15) is 0 Å². The van der Waals surface area contributed by atoms with E-state index in [-0.39, 0.29) is 0 Å². The first-order valence-corrected chi connectivity index (χ1v) is 4.96. The summed E-state index contributed by atoms with van der Waals surface area (Å²) in [5.41, 5.74) is 1.25. The normalized spacial score (nSPS) is 10.5. The number of hydrogen-bond acceptors (Lipinski definition) is 0. The van der Waals surface area contributed by atoms with Crippen molar-refractivity contribution in [2.45, 2.75) is 6.54 Å². The number of nitrogens with zero attached hydrogens (tertiary/aromatic N) is 1. The van der Waals surface area contributed by atoms with Crippen LogP contribution in [0.3, 0.4) is 0 Å². The summed E-state index contributed by atoms with van der Waals surface area (Å²) in [6, 6.07) is 8.41. The fourth-order valence-electron chi connectivity index (χ4n) is 1.47. The molecule has 1 aromatic heterocycles. The van der Waals surface area contributed by atoms with Crippen molar-refractivity contribution in [1.29, 1.82) is 0 Å². The van der Waals surface area contributed by atoms with Gasteiger partial charge in [0.2, 0.25) is 0 Å². The lowest BCUT2D eigenvalue weighted by Crippen LogP contribution is -1.90. The summed E-state index contributed by atoms with van der Waals surface area (Å²) < 4.78 is 3.30. The minimum Gasteiger partial charge on any atom is -0.344 e. The van der Waals surface area contributed by atoms with Crippen LogP contribution in [-0.2, 0) is 6.54 Å². The van der Waals surface area contributed by atoms with Crippen LogP contribution in [0.4, 0.5) is 0 Å². The minimum absolute atomic E-state index is 0.866. The maximum Gasteiger partial charge on any atom is 0.0483 e. The van der Waals surface area contributed by atoms with Crippen LogP contribution < -0.4 is 0 Å². The zero-order valence-corrected chi connectivity index (χ0v) is 8.79. The second-order valence-corrected chi connectivity index (χ2v) is 3.88. The molecule has 0 aliphatic heterocycles. The molecule has 2 aromatic rings. The van der Waals surface area contributed by atoms with E-state index in [0.717, 1.165) is 11.0 Å². The van der Waals surface area contributed by atoms with Gasteiger partial charge < -0.3 is 4.57 Å². The van der Waals surface area contributed by atoms with Crippen LogP contribution in [-0.4, -0.2) is 4.57 Å². The molecule has 66 valence electrons. The fourth-order valence-corrected chi connectivity index (χ4v) is 1.85. The van der Waals surface area contributed by atoms with E-state index in [0.29, 0.717) is 0 Å². The molecule has 2 rings (SSSR count). The van der Waals surface area contributed by atoms with Gasteiger partial charge in [-0.3, -0.25) is 0 Å². The highest BCUT2D eigenvalue weighted by Gasteiger charge is 1.98. The molecule has 0 atom stereocenters. The van der Waals surface area contributed by atoms with E-state index in [1.807, 2.05) is 6.08 Å². The Bertz CT molecular complexity index is 442. The Hall–Kier alpha value is -1.02. The number of halogens is 1. The molecule has 0 bridgehead atoms. The summed E-state index contributed by atoms with van der Waals surface area (Å²) in [6.07, 6.45) is 3.99. The van der Waals surface area contributed by atoms with Crippen molar-refractivity contribution in [3.8, 4) is 0 Å². The van der Waals surface area contributed by atoms with E-state index in [2.05, 4.69) is 57.5 Å². The molecule has 1 heterocycles. The SMILES string of the molecule is C=CCn1ccc2cc(Br)ccc21. The summed E-state index contributed by atoms with van der Waals surface area (Å²) in [5.74, 6) is 0. The van der Waals surface area contributed by atoms with E-state index in [4.69, 9.17) is 0 Å². The standard InChI is InChI=1S/C11H10BrN/c1-2-6-13-7-5-9-8-10(12)3-4-11(9)13/h2-5,7-8H,1,6H2. The summed E-state index contributed by atoms with van der Waals surface area (Å²) in [7, 11) is 0. The van der Waals surface area contributed by atoms with Gasteiger partial charge >= 0.3 is 0 Å². The van der Waals surface area contributed by atoms with Crippen molar-refractivity contribution in [3.63, 3.8) is 0 Å². The molecule has 0 radical (unpaired) electrons. The molecule has 13 heavy (non-hydrogen) atoms. The molecule has 0 saturated heterocycles. The van der Waals surface area contributed by atoms with Gasteiger partial charge in [0.1, 0.15) is 0 Å². The first-order chi connectivity index (χ1) is 6.31. The zero-order valence-electron chi connectivity index (χ0n) is 7.20. The van der Waals surface area contributed by atoms with Gasteiger partial charge in [0, 0.05) is 28.1 Å². The van der Waals surface area contributed by atoms with Crippen LogP contribution in [0.2, 0.25) is 0 Å². The number of rotatable bonds is 2. The lowest BCUT2D eigenvalue weighted by atomic mass is 10.2. The highest BCUT2D eigenvalue weighted by atomic mass is 79.9. The third-order valence-corrected chi connectivity index (χ3v) is 2.55. The average molecular weight is 236 g/mol. The van der Waals surface area contributed by atoms with Crippen LogP contribution in [0, 0.1) is 0 Å². The van der Waals surface area contributed by atoms with Crippen molar-refractivity contribution in [3.05, 3.63) is 47.6 Å². The lowest BCUT2D eigenvalue weighted by molar-refractivity contribution is 0.865. The number of allylic oxidation sites excluding steroid dienone is 1. The Balaban J connectivity index is 2.61. The summed E-state index contributed by atoms with van der Waals surface area (Å²) >= 11 is 3.45. The molecule has 0 saturated carbocycles. The van der Waals surface area contributed by atoms with Gasteiger partial charge in [-0.25, -0.2) is 0 Å². The van der Waals surface area contributed by atoms with Gasteiger partial charge in [0.15, 0.2) is 0 Å². The molecule has 1 nitrogen and oxygen atoms in total. The van der Waals surface area contributed by atoms with E-state index < -0.39 is 0 Å². The van der Waals surface area contributed by atoms with Gasteiger partial charge in [-0.1, -0.05) is 22.0 Å². The first-order valence-electron chi connectivity index (χ1n) is 4.16. The lowest BCUT2D eigenvalue weighted by Gasteiger charge is -2.00. The maximum absolute atomic E-state index is 3.73. The van der Waals surface area contributed by atoms with E-state index in [1.165, 1.54) is 10.9 Å². The third-order valence-electron chi connectivity index (χ3n) is 2.06. The molecule has 0 unspecified atom stereocenters. The molecular weight excluding hydrogens is 226 g/mol. The molecule has 0 aliphatic carbocycles. The summed E-state index contributed by atoms with van der Waals surface area (Å²) in [4.78, 5) is 0. The predicted molar refractivity (Wildman–Crippen MR) is 59.8 cm³/mol. The molecule has 0 aliphatic rings. The molecular formula is C11H10BrN. The number of aromatic nitrogens is 1. The molecule has 1 aromatic carbocycles. The largest absolute Gasteiger partial charge is 0.344 e. The van der Waals surface area contributed by atoms with Crippen molar-refractivity contribution in [1.82, 2.24) is 4.57 Å². The van der Waals surface area contributed by atoms with Crippen LogP contribution in [0.15, 0.2) is 47.6 Å². The van der Waals surface area contributed by atoms with Gasteiger partial charge in [-0.2, -0.15) is 0 Å². The van der Waals surface area contributed by atoms with E-state index in [9.17, 15) is 0 Å². The quantitative estimate of drug-likeness (QED) is 0.702. The van der Waals surface area contributed by atoms with Crippen molar-refractivity contribution < 1.29 is 0 Å². The van der Waals surface area contributed by atoms with Crippen LogP contribution >= 0.6 is 15.9 Å². The third kappa shape index (κ3) is 1.54. The van der Waals surface area contributed by atoms with Crippen molar-refractivity contribution in [2.75, 3.05) is 0 Å². The Morgan fingerprint density at radius 2 is 2.23 bits per heavy atom. The smallest absolute Gasteiger partial charge is 0.0483 e. The van der Waals surface area contributed by atoms with Gasteiger partial charge in [-0.15, -0.1) is 6.58 Å². The average Bonchev–Trinajstić information content (AvgIpc) is 2.49. The molecule has 0 amide bonds. The van der Waals surface area contributed by atoms with Crippen LogP contribution in [0.25, 0.3) is 10.9 Å². The van der Waals surface area contributed by atoms with Crippen LogP contribution in [0.5, 0.6) is 0 Å². The zero-order chi connectivity index (χ0) is 9.26.